The predicted octanol–water partition coefficient (Wildman–Crippen LogP) is 3.27. The van der Waals surface area contributed by atoms with E-state index >= 15 is 0 Å². The molecule has 0 radical (unpaired) electrons. The van der Waals surface area contributed by atoms with Crippen molar-refractivity contribution in [3.8, 4) is 0 Å². The van der Waals surface area contributed by atoms with Crippen molar-refractivity contribution in [3.05, 3.63) is 23.2 Å². The molecule has 0 atom stereocenters. The standard InChI is InChI=1S/C11H12ClN3/c12-9-5-8-10(7-3-1-2-4-7)13-6-14-11(8)15-9/h5-7H,1-4H2,(H,13,14,15). The molecule has 1 aliphatic carbocycles. The van der Waals surface area contributed by atoms with Gasteiger partial charge in [-0.15, -0.1) is 0 Å². The maximum atomic E-state index is 5.94. The predicted molar refractivity (Wildman–Crippen MR) is 60.1 cm³/mol. The lowest BCUT2D eigenvalue weighted by molar-refractivity contribution is 0.702. The number of hydrogen-bond acceptors (Lipinski definition) is 2. The quantitative estimate of drug-likeness (QED) is 0.803. The molecular formula is C11H12ClN3. The molecule has 0 amide bonds. The van der Waals surface area contributed by atoms with Gasteiger partial charge in [0, 0.05) is 11.3 Å². The molecular weight excluding hydrogens is 210 g/mol. The fourth-order valence-electron chi connectivity index (χ4n) is 2.45. The van der Waals surface area contributed by atoms with E-state index in [1.54, 1.807) is 6.33 Å². The highest BCUT2D eigenvalue weighted by Crippen LogP contribution is 2.36. The van der Waals surface area contributed by atoms with Crippen molar-refractivity contribution < 1.29 is 0 Å². The van der Waals surface area contributed by atoms with Crippen molar-refractivity contribution in [2.24, 2.45) is 0 Å². The summed E-state index contributed by atoms with van der Waals surface area (Å²) in [4.78, 5) is 11.6. The van der Waals surface area contributed by atoms with Crippen LogP contribution in [0.25, 0.3) is 11.0 Å². The number of nitrogens with one attached hydrogen (secondary N) is 1. The molecule has 0 bridgehead atoms. The zero-order valence-corrected chi connectivity index (χ0v) is 9.09. The first-order chi connectivity index (χ1) is 7.34. The maximum absolute atomic E-state index is 5.94. The second kappa shape index (κ2) is 3.49. The van der Waals surface area contributed by atoms with Gasteiger partial charge in [-0.3, -0.25) is 0 Å². The minimum Gasteiger partial charge on any atom is -0.330 e. The number of halogens is 1. The van der Waals surface area contributed by atoms with Gasteiger partial charge in [-0.1, -0.05) is 24.4 Å². The Labute approximate surface area is 92.9 Å². The van der Waals surface area contributed by atoms with Gasteiger partial charge in [0.2, 0.25) is 0 Å². The molecule has 1 N–H and O–H groups in total. The van der Waals surface area contributed by atoms with E-state index < -0.39 is 0 Å². The van der Waals surface area contributed by atoms with Crippen molar-refractivity contribution >= 4 is 22.6 Å². The molecule has 2 aromatic rings. The van der Waals surface area contributed by atoms with Gasteiger partial charge in [0.25, 0.3) is 0 Å². The Morgan fingerprint density at radius 3 is 2.87 bits per heavy atom. The van der Waals surface area contributed by atoms with Crippen molar-refractivity contribution in [2.75, 3.05) is 0 Å². The van der Waals surface area contributed by atoms with Gasteiger partial charge in [0.05, 0.1) is 5.69 Å². The van der Waals surface area contributed by atoms with Crippen LogP contribution in [0.4, 0.5) is 0 Å². The van der Waals surface area contributed by atoms with Gasteiger partial charge in [-0.2, -0.15) is 0 Å². The zero-order valence-electron chi connectivity index (χ0n) is 8.33. The van der Waals surface area contributed by atoms with Crippen LogP contribution in [-0.4, -0.2) is 15.0 Å². The molecule has 0 unspecified atom stereocenters. The SMILES string of the molecule is Clc1cc2c(C3CCCC3)ncnc2[nH]1. The second-order valence-electron chi connectivity index (χ2n) is 4.12. The lowest BCUT2D eigenvalue weighted by atomic mass is 10.0. The third-order valence-electron chi connectivity index (χ3n) is 3.17. The summed E-state index contributed by atoms with van der Waals surface area (Å²) in [6, 6.07) is 1.94. The van der Waals surface area contributed by atoms with Crippen molar-refractivity contribution in [1.29, 1.82) is 0 Å². The molecule has 1 saturated carbocycles. The highest BCUT2D eigenvalue weighted by molar-refractivity contribution is 6.30. The Hall–Kier alpha value is -1.09. The number of fused-ring (bicyclic) bond motifs is 1. The molecule has 1 aliphatic rings. The largest absolute Gasteiger partial charge is 0.330 e. The summed E-state index contributed by atoms with van der Waals surface area (Å²) >= 11 is 5.94. The second-order valence-corrected chi connectivity index (χ2v) is 4.53. The summed E-state index contributed by atoms with van der Waals surface area (Å²) in [6.07, 6.45) is 6.75. The average Bonchev–Trinajstić information content (AvgIpc) is 2.82. The lowest BCUT2D eigenvalue weighted by Gasteiger charge is -2.08. The van der Waals surface area contributed by atoms with E-state index in [1.807, 2.05) is 6.07 Å². The number of aromatic nitrogens is 3. The van der Waals surface area contributed by atoms with Gasteiger partial charge in [0.15, 0.2) is 0 Å². The summed E-state index contributed by atoms with van der Waals surface area (Å²) in [5, 5.41) is 1.74. The topological polar surface area (TPSA) is 41.6 Å². The smallest absolute Gasteiger partial charge is 0.142 e. The van der Waals surface area contributed by atoms with Gasteiger partial charge in [-0.25, -0.2) is 9.97 Å². The Balaban J connectivity index is 2.16. The van der Waals surface area contributed by atoms with E-state index in [-0.39, 0.29) is 0 Å². The van der Waals surface area contributed by atoms with Crippen LogP contribution in [0.1, 0.15) is 37.3 Å². The van der Waals surface area contributed by atoms with Crippen LogP contribution in [-0.2, 0) is 0 Å². The van der Waals surface area contributed by atoms with Crippen LogP contribution < -0.4 is 0 Å². The van der Waals surface area contributed by atoms with E-state index in [4.69, 9.17) is 11.6 Å². The van der Waals surface area contributed by atoms with Crippen molar-refractivity contribution in [2.45, 2.75) is 31.6 Å². The first kappa shape index (κ1) is 9.16. The average molecular weight is 222 g/mol. The minimum absolute atomic E-state index is 0.599. The van der Waals surface area contributed by atoms with Crippen LogP contribution in [0.5, 0.6) is 0 Å². The summed E-state index contributed by atoms with van der Waals surface area (Å²) in [5.74, 6) is 0.599. The Morgan fingerprint density at radius 1 is 1.27 bits per heavy atom. The fraction of sp³-hybridized carbons (Fsp3) is 0.455. The summed E-state index contributed by atoms with van der Waals surface area (Å²) in [5.41, 5.74) is 2.03. The van der Waals surface area contributed by atoms with Crippen LogP contribution in [0.2, 0.25) is 5.15 Å². The normalized spacial score (nSPS) is 17.7. The molecule has 2 heterocycles. The number of rotatable bonds is 1. The molecule has 4 heteroatoms. The molecule has 15 heavy (non-hydrogen) atoms. The number of nitrogens with zero attached hydrogens (tertiary/aromatic N) is 2. The Morgan fingerprint density at radius 2 is 2.07 bits per heavy atom. The summed E-state index contributed by atoms with van der Waals surface area (Å²) in [7, 11) is 0. The Bertz CT molecular complexity index is 486. The molecule has 0 spiro atoms. The third-order valence-corrected chi connectivity index (χ3v) is 3.37. The van der Waals surface area contributed by atoms with Crippen molar-refractivity contribution in [3.63, 3.8) is 0 Å². The third kappa shape index (κ3) is 1.51. The van der Waals surface area contributed by atoms with Gasteiger partial charge >= 0.3 is 0 Å². The van der Waals surface area contributed by atoms with Gasteiger partial charge in [0.1, 0.15) is 17.1 Å². The summed E-state index contributed by atoms with van der Waals surface area (Å²) < 4.78 is 0. The van der Waals surface area contributed by atoms with Crippen molar-refractivity contribution in [1.82, 2.24) is 15.0 Å². The van der Waals surface area contributed by atoms with Gasteiger partial charge in [-0.05, 0) is 18.9 Å². The van der Waals surface area contributed by atoms with E-state index in [1.165, 1.54) is 31.4 Å². The number of hydrogen-bond donors (Lipinski definition) is 1. The Kier molecular flexibility index (Phi) is 2.13. The highest BCUT2D eigenvalue weighted by atomic mass is 35.5. The van der Waals surface area contributed by atoms with E-state index in [0.29, 0.717) is 11.1 Å². The van der Waals surface area contributed by atoms with E-state index in [0.717, 1.165) is 11.0 Å². The molecule has 1 fully saturated rings. The van der Waals surface area contributed by atoms with Crippen LogP contribution in [0, 0.1) is 0 Å². The number of H-pyrrole nitrogens is 1. The molecule has 0 aromatic carbocycles. The first-order valence-corrected chi connectivity index (χ1v) is 5.71. The zero-order chi connectivity index (χ0) is 10.3. The summed E-state index contributed by atoms with van der Waals surface area (Å²) in [6.45, 7) is 0. The van der Waals surface area contributed by atoms with E-state index in [9.17, 15) is 0 Å². The number of aromatic amines is 1. The van der Waals surface area contributed by atoms with Gasteiger partial charge < -0.3 is 4.98 Å². The molecule has 2 aromatic heterocycles. The first-order valence-electron chi connectivity index (χ1n) is 5.34. The molecule has 3 rings (SSSR count). The van der Waals surface area contributed by atoms with E-state index in [2.05, 4.69) is 15.0 Å². The monoisotopic (exact) mass is 221 g/mol. The highest BCUT2D eigenvalue weighted by Gasteiger charge is 2.21. The van der Waals surface area contributed by atoms with Crippen LogP contribution in [0.3, 0.4) is 0 Å². The molecule has 3 nitrogen and oxygen atoms in total. The maximum Gasteiger partial charge on any atom is 0.142 e. The minimum atomic E-state index is 0.599. The van der Waals surface area contributed by atoms with Crippen LogP contribution >= 0.6 is 11.6 Å². The molecule has 0 aliphatic heterocycles. The lowest BCUT2D eigenvalue weighted by Crippen LogP contribution is -1.97. The fourth-order valence-corrected chi connectivity index (χ4v) is 2.65. The van der Waals surface area contributed by atoms with Crippen LogP contribution in [0.15, 0.2) is 12.4 Å². The molecule has 78 valence electrons. The molecule has 0 saturated heterocycles.